The molecule has 2 aliphatic rings. The number of hydrogen-bond acceptors (Lipinski definition) is 5. The van der Waals surface area contributed by atoms with E-state index in [0.717, 1.165) is 26.7 Å². The molecule has 1 fully saturated rings. The molecule has 2 aliphatic heterocycles. The molecule has 1 saturated heterocycles. The van der Waals surface area contributed by atoms with Crippen LogP contribution in [0.5, 0.6) is 0 Å². The van der Waals surface area contributed by atoms with Crippen molar-refractivity contribution in [3.8, 4) is 0 Å². The Morgan fingerprint density at radius 3 is 2.67 bits per heavy atom. The topological polar surface area (TPSA) is 39.1 Å². The van der Waals surface area contributed by atoms with Crippen molar-refractivity contribution >= 4 is 45.8 Å². The first kappa shape index (κ1) is 18.2. The molecule has 0 unspecified atom stereocenters. The molecular formula is C21H21N3OS2. The molecule has 4 nitrogen and oxygen atoms in total. The van der Waals surface area contributed by atoms with Gasteiger partial charge in [-0.3, -0.25) is 10.2 Å². The van der Waals surface area contributed by atoms with Gasteiger partial charge in [-0.25, -0.2) is 5.06 Å². The zero-order valence-electron chi connectivity index (χ0n) is 15.2. The molecule has 6 heteroatoms. The van der Waals surface area contributed by atoms with Crippen LogP contribution in [0, 0.1) is 0 Å². The number of para-hydroxylation sites is 1. The summed E-state index contributed by atoms with van der Waals surface area (Å²) in [6, 6.07) is 18.1. The number of hydrogen-bond donors (Lipinski definition) is 1. The highest BCUT2D eigenvalue weighted by molar-refractivity contribution is 8.24. The molecule has 0 radical (unpaired) electrons. The second-order valence-corrected chi connectivity index (χ2v) is 9.49. The summed E-state index contributed by atoms with van der Waals surface area (Å²) in [5.74, 6) is 0. The van der Waals surface area contributed by atoms with Gasteiger partial charge in [0.2, 0.25) is 0 Å². The number of benzene rings is 2. The molecule has 4 rings (SSSR count). The fourth-order valence-electron chi connectivity index (χ4n) is 3.56. The highest BCUT2D eigenvalue weighted by Crippen LogP contribution is 2.43. The van der Waals surface area contributed by atoms with E-state index in [4.69, 9.17) is 12.2 Å². The van der Waals surface area contributed by atoms with Crippen molar-refractivity contribution in [3.05, 3.63) is 71.9 Å². The lowest BCUT2D eigenvalue weighted by atomic mass is 10.1. The summed E-state index contributed by atoms with van der Waals surface area (Å²) >= 11 is 7.26. The van der Waals surface area contributed by atoms with E-state index in [1.54, 1.807) is 24.2 Å². The van der Waals surface area contributed by atoms with Crippen LogP contribution in [0.2, 0.25) is 0 Å². The van der Waals surface area contributed by atoms with E-state index >= 15 is 0 Å². The van der Waals surface area contributed by atoms with Crippen molar-refractivity contribution in [1.29, 1.82) is 0 Å². The molecule has 0 aliphatic carbocycles. The molecule has 2 aromatic carbocycles. The summed E-state index contributed by atoms with van der Waals surface area (Å²) in [7, 11) is 0. The molecule has 1 N–H and O–H groups in total. The van der Waals surface area contributed by atoms with Gasteiger partial charge >= 0.3 is 0 Å². The third-order valence-corrected chi connectivity index (χ3v) is 6.41. The zero-order valence-corrected chi connectivity index (χ0v) is 16.9. The maximum atomic E-state index is 11.0. The predicted octanol–water partition coefficient (Wildman–Crippen LogP) is 5.07. The van der Waals surface area contributed by atoms with Crippen LogP contribution in [-0.4, -0.2) is 36.6 Å². The van der Waals surface area contributed by atoms with Gasteiger partial charge in [-0.2, -0.15) is 0 Å². The summed E-state index contributed by atoms with van der Waals surface area (Å²) in [6.07, 6.45) is 3.28. The summed E-state index contributed by atoms with van der Waals surface area (Å²) in [5, 5.41) is 12.3. The van der Waals surface area contributed by atoms with Crippen molar-refractivity contribution < 1.29 is 5.21 Å². The average molecular weight is 396 g/mol. The van der Waals surface area contributed by atoms with Gasteiger partial charge in [0.15, 0.2) is 0 Å². The number of hydroxylamine groups is 2. The number of allylic oxidation sites excluding steroid dienone is 1. The molecule has 2 aromatic rings. The van der Waals surface area contributed by atoms with Crippen LogP contribution in [0.25, 0.3) is 5.57 Å². The molecule has 138 valence electrons. The van der Waals surface area contributed by atoms with E-state index in [-0.39, 0.29) is 10.9 Å². The third kappa shape index (κ3) is 3.52. The summed E-state index contributed by atoms with van der Waals surface area (Å²) in [5.41, 5.74) is 4.01. The molecular weight excluding hydrogens is 374 g/mol. The zero-order chi connectivity index (χ0) is 19.0. The number of aliphatic imine (C=N–C) groups is 1. The lowest BCUT2D eigenvalue weighted by Crippen LogP contribution is -2.50. The van der Waals surface area contributed by atoms with Crippen molar-refractivity contribution in [2.45, 2.75) is 31.3 Å². The first-order valence-corrected chi connectivity index (χ1v) is 10.0. The Morgan fingerprint density at radius 1 is 1.19 bits per heavy atom. The number of rotatable bonds is 4. The standard InChI is InChI=1S/C21H21N3OS2/c1-21(2)19(23(20(26)27-21)13-15-8-4-3-5-9-15)24(25)14-16-12-22-18-11-7-6-10-17(16)18/h3-12,14,19,25H,13H2,1-2H3/t19-/m0/s1. The largest absolute Gasteiger partial charge is 0.329 e. The van der Waals surface area contributed by atoms with Crippen LogP contribution in [0.15, 0.2) is 65.8 Å². The van der Waals surface area contributed by atoms with E-state index in [9.17, 15) is 5.21 Å². The Morgan fingerprint density at radius 2 is 1.89 bits per heavy atom. The Hall–Kier alpha value is -2.15. The minimum Gasteiger partial charge on any atom is -0.329 e. The van der Waals surface area contributed by atoms with Gasteiger partial charge in [0.05, 0.1) is 10.4 Å². The average Bonchev–Trinajstić information content (AvgIpc) is 3.14. The van der Waals surface area contributed by atoms with Gasteiger partial charge in [-0.15, -0.1) is 0 Å². The molecule has 0 saturated carbocycles. The van der Waals surface area contributed by atoms with Crippen LogP contribution in [0.4, 0.5) is 5.69 Å². The van der Waals surface area contributed by atoms with Crippen LogP contribution in [-0.2, 0) is 6.54 Å². The van der Waals surface area contributed by atoms with E-state index in [1.807, 2.05) is 42.5 Å². The van der Waals surface area contributed by atoms with E-state index in [1.165, 1.54) is 5.06 Å². The Bertz CT molecular complexity index is 924. The van der Waals surface area contributed by atoms with Crippen molar-refractivity contribution in [2.75, 3.05) is 0 Å². The van der Waals surface area contributed by atoms with Crippen molar-refractivity contribution in [1.82, 2.24) is 9.96 Å². The maximum Gasteiger partial charge on any atom is 0.142 e. The van der Waals surface area contributed by atoms with Gasteiger partial charge < -0.3 is 4.90 Å². The number of thioether (sulfide) groups is 1. The Labute approximate surface area is 169 Å². The smallest absolute Gasteiger partial charge is 0.142 e. The Kier molecular flexibility index (Phi) is 4.80. The van der Waals surface area contributed by atoms with Crippen molar-refractivity contribution in [2.24, 2.45) is 4.99 Å². The molecule has 0 bridgehead atoms. The van der Waals surface area contributed by atoms with Gasteiger partial charge in [0.1, 0.15) is 10.5 Å². The van der Waals surface area contributed by atoms with E-state index < -0.39 is 0 Å². The lowest BCUT2D eigenvalue weighted by Gasteiger charge is -2.36. The highest BCUT2D eigenvalue weighted by Gasteiger charge is 2.47. The third-order valence-electron chi connectivity index (χ3n) is 4.78. The van der Waals surface area contributed by atoms with E-state index in [0.29, 0.717) is 6.54 Å². The Balaban J connectivity index is 1.64. The maximum absolute atomic E-state index is 11.0. The lowest BCUT2D eigenvalue weighted by molar-refractivity contribution is -0.122. The highest BCUT2D eigenvalue weighted by atomic mass is 32.2. The van der Waals surface area contributed by atoms with Crippen LogP contribution < -0.4 is 0 Å². The molecule has 0 spiro atoms. The number of thiocarbonyl (C=S) groups is 1. The van der Waals surface area contributed by atoms with Crippen LogP contribution in [0.1, 0.15) is 25.0 Å². The minimum atomic E-state index is -0.274. The van der Waals surface area contributed by atoms with Crippen LogP contribution in [0.3, 0.4) is 0 Å². The van der Waals surface area contributed by atoms with Crippen molar-refractivity contribution in [3.63, 3.8) is 0 Å². The fraction of sp³-hybridized carbons (Fsp3) is 0.238. The summed E-state index contributed by atoms with van der Waals surface area (Å²) < 4.78 is 0.541. The molecule has 1 atom stereocenters. The molecule has 0 amide bonds. The SMILES string of the molecule is CC1(C)SC(=S)N(Cc2ccccc2)[C@H]1N(O)C=C1C=Nc2ccccc21. The summed E-state index contributed by atoms with van der Waals surface area (Å²) in [6.45, 7) is 4.88. The molecule has 0 aromatic heterocycles. The minimum absolute atomic E-state index is 0.257. The second-order valence-electron chi connectivity index (χ2n) is 7.20. The van der Waals surface area contributed by atoms with Gasteiger partial charge in [-0.1, -0.05) is 72.5 Å². The van der Waals surface area contributed by atoms with Gasteiger partial charge in [0, 0.05) is 30.1 Å². The quantitative estimate of drug-likeness (QED) is 0.578. The van der Waals surface area contributed by atoms with Crippen LogP contribution >= 0.6 is 24.0 Å². The monoisotopic (exact) mass is 395 g/mol. The van der Waals surface area contributed by atoms with E-state index in [2.05, 4.69) is 35.9 Å². The molecule has 2 heterocycles. The molecule has 27 heavy (non-hydrogen) atoms. The second kappa shape index (κ2) is 7.11. The normalized spacial score (nSPS) is 21.7. The van der Waals surface area contributed by atoms with Gasteiger partial charge in [0.25, 0.3) is 0 Å². The predicted molar refractivity (Wildman–Crippen MR) is 116 cm³/mol. The first-order chi connectivity index (χ1) is 13.0. The first-order valence-electron chi connectivity index (χ1n) is 8.82. The van der Waals surface area contributed by atoms with Gasteiger partial charge in [-0.05, 0) is 25.5 Å². The summed E-state index contributed by atoms with van der Waals surface area (Å²) in [4.78, 5) is 6.51. The fourth-order valence-corrected chi connectivity index (χ4v) is 5.44. The number of nitrogens with zero attached hydrogens (tertiary/aromatic N) is 3. The number of fused-ring (bicyclic) bond motifs is 1.